The van der Waals surface area contributed by atoms with E-state index in [9.17, 15) is 0 Å². The summed E-state index contributed by atoms with van der Waals surface area (Å²) in [4.78, 5) is 12.5. The molecule has 0 aliphatic carbocycles. The van der Waals surface area contributed by atoms with E-state index in [-0.39, 0.29) is 0 Å². The number of ether oxygens (including phenoxy) is 1. The fourth-order valence-corrected chi connectivity index (χ4v) is 1.92. The van der Waals surface area contributed by atoms with Gasteiger partial charge in [0.1, 0.15) is 12.1 Å². The van der Waals surface area contributed by atoms with Crippen LogP contribution in [0.3, 0.4) is 0 Å². The van der Waals surface area contributed by atoms with Crippen molar-refractivity contribution in [3.05, 3.63) is 42.0 Å². The Labute approximate surface area is 118 Å². The summed E-state index contributed by atoms with van der Waals surface area (Å²) in [5.41, 5.74) is 4.50. The van der Waals surface area contributed by atoms with Crippen molar-refractivity contribution in [1.82, 2.24) is 15.0 Å². The molecule has 0 unspecified atom stereocenters. The summed E-state index contributed by atoms with van der Waals surface area (Å²) in [5, 5.41) is 0. The summed E-state index contributed by atoms with van der Waals surface area (Å²) >= 11 is 0. The molecule has 2 aromatic rings. The van der Waals surface area contributed by atoms with E-state index in [1.54, 1.807) is 6.20 Å². The molecule has 0 aliphatic heterocycles. The van der Waals surface area contributed by atoms with Gasteiger partial charge in [-0.1, -0.05) is 19.4 Å². The van der Waals surface area contributed by atoms with Gasteiger partial charge in [0.15, 0.2) is 0 Å². The van der Waals surface area contributed by atoms with E-state index in [2.05, 4.69) is 27.3 Å². The van der Waals surface area contributed by atoms with Crippen molar-refractivity contribution in [2.24, 2.45) is 5.84 Å². The number of nitrogens with zero attached hydrogens (tertiary/aromatic N) is 3. The molecular weight excluding hydrogens is 254 g/mol. The number of anilines is 1. The second-order valence-corrected chi connectivity index (χ2v) is 4.32. The number of nitrogen functional groups attached to an aromatic ring is 1. The molecule has 0 radical (unpaired) electrons. The van der Waals surface area contributed by atoms with Crippen molar-refractivity contribution in [2.45, 2.75) is 26.2 Å². The minimum absolute atomic E-state index is 0.523. The van der Waals surface area contributed by atoms with Gasteiger partial charge in [0, 0.05) is 18.3 Å². The molecule has 2 aromatic heterocycles. The van der Waals surface area contributed by atoms with Gasteiger partial charge in [-0.2, -0.15) is 0 Å². The van der Waals surface area contributed by atoms with E-state index in [0.717, 1.165) is 30.5 Å². The van der Waals surface area contributed by atoms with Crippen molar-refractivity contribution in [1.29, 1.82) is 0 Å². The summed E-state index contributed by atoms with van der Waals surface area (Å²) < 4.78 is 5.75. The minimum atomic E-state index is 0.523. The number of aromatic nitrogens is 3. The Kier molecular flexibility index (Phi) is 5.25. The van der Waals surface area contributed by atoms with Gasteiger partial charge in [0.2, 0.25) is 5.88 Å². The average Bonchev–Trinajstić information content (AvgIpc) is 2.50. The highest BCUT2D eigenvalue weighted by atomic mass is 16.5. The van der Waals surface area contributed by atoms with Crippen LogP contribution in [0.1, 0.15) is 24.6 Å². The second kappa shape index (κ2) is 7.40. The predicted octanol–water partition coefficient (Wildman–Crippen LogP) is 1.73. The van der Waals surface area contributed by atoms with Crippen molar-refractivity contribution in [3.63, 3.8) is 0 Å². The molecule has 20 heavy (non-hydrogen) atoms. The van der Waals surface area contributed by atoms with Crippen LogP contribution in [0.2, 0.25) is 0 Å². The summed E-state index contributed by atoms with van der Waals surface area (Å²) in [6.07, 6.45) is 5.75. The zero-order valence-electron chi connectivity index (χ0n) is 11.5. The Morgan fingerprint density at radius 1 is 1.20 bits per heavy atom. The molecule has 0 aliphatic rings. The van der Waals surface area contributed by atoms with E-state index < -0.39 is 0 Å². The maximum Gasteiger partial charge on any atom is 0.221 e. The van der Waals surface area contributed by atoms with Crippen LogP contribution in [0.4, 0.5) is 5.82 Å². The Morgan fingerprint density at radius 3 is 2.80 bits per heavy atom. The zero-order chi connectivity index (χ0) is 14.2. The second-order valence-electron chi connectivity index (χ2n) is 4.32. The van der Waals surface area contributed by atoms with Crippen molar-refractivity contribution in [2.75, 3.05) is 12.0 Å². The Bertz CT molecular complexity index is 532. The minimum Gasteiger partial charge on any atom is -0.477 e. The quantitative estimate of drug-likeness (QED) is 0.590. The lowest BCUT2D eigenvalue weighted by Crippen LogP contribution is -2.14. The van der Waals surface area contributed by atoms with Crippen LogP contribution < -0.4 is 16.0 Å². The number of hydrazine groups is 1. The Morgan fingerprint density at radius 2 is 2.10 bits per heavy atom. The lowest BCUT2D eigenvalue weighted by molar-refractivity contribution is 0.304. The molecule has 2 heterocycles. The molecule has 2 rings (SSSR count). The summed E-state index contributed by atoms with van der Waals surface area (Å²) in [6.45, 7) is 2.61. The maximum absolute atomic E-state index is 5.75. The third-order valence-corrected chi connectivity index (χ3v) is 2.87. The monoisotopic (exact) mass is 273 g/mol. The van der Waals surface area contributed by atoms with Gasteiger partial charge in [-0.25, -0.2) is 15.8 Å². The third-order valence-electron chi connectivity index (χ3n) is 2.87. The first kappa shape index (κ1) is 14.2. The van der Waals surface area contributed by atoms with Crippen LogP contribution in [-0.2, 0) is 12.8 Å². The van der Waals surface area contributed by atoms with Gasteiger partial charge < -0.3 is 10.2 Å². The number of hydrogen-bond acceptors (Lipinski definition) is 6. The van der Waals surface area contributed by atoms with Crippen LogP contribution in [-0.4, -0.2) is 21.6 Å². The molecule has 0 fully saturated rings. The number of nitrogens with two attached hydrogens (primary N) is 1. The number of nitrogens with one attached hydrogen (secondary N) is 1. The Balaban J connectivity index is 2.01. The normalized spacial score (nSPS) is 10.3. The smallest absolute Gasteiger partial charge is 0.221 e. The summed E-state index contributed by atoms with van der Waals surface area (Å²) in [6, 6.07) is 5.84. The maximum atomic E-state index is 5.75. The molecule has 6 heteroatoms. The van der Waals surface area contributed by atoms with E-state index >= 15 is 0 Å². The lowest BCUT2D eigenvalue weighted by Gasteiger charge is -2.12. The van der Waals surface area contributed by atoms with Crippen LogP contribution in [0.25, 0.3) is 0 Å². The van der Waals surface area contributed by atoms with E-state index in [1.165, 1.54) is 6.33 Å². The van der Waals surface area contributed by atoms with Gasteiger partial charge in [-0.3, -0.25) is 4.98 Å². The molecule has 106 valence electrons. The van der Waals surface area contributed by atoms with Crippen molar-refractivity contribution < 1.29 is 4.74 Å². The average molecular weight is 273 g/mol. The fraction of sp³-hybridized carbons (Fsp3) is 0.357. The summed E-state index contributed by atoms with van der Waals surface area (Å²) in [5.74, 6) is 6.67. The van der Waals surface area contributed by atoms with Crippen molar-refractivity contribution >= 4 is 5.82 Å². The molecule has 0 atom stereocenters. The largest absolute Gasteiger partial charge is 0.477 e. The van der Waals surface area contributed by atoms with Gasteiger partial charge in [0.05, 0.1) is 12.2 Å². The topological polar surface area (TPSA) is 86.0 Å². The molecule has 6 nitrogen and oxygen atoms in total. The molecule has 0 saturated carbocycles. The first-order chi connectivity index (χ1) is 9.85. The van der Waals surface area contributed by atoms with E-state index in [0.29, 0.717) is 18.3 Å². The fourth-order valence-electron chi connectivity index (χ4n) is 1.92. The standard InChI is InChI=1S/C14H19N5O/c1-2-5-12-13(19-15)17-10-18-14(12)20-9-7-11-6-3-4-8-16-11/h3-4,6,8,10H,2,5,7,9,15H2,1H3,(H,17,18,19). The molecular formula is C14H19N5O. The first-order valence-corrected chi connectivity index (χ1v) is 6.68. The van der Waals surface area contributed by atoms with Crippen LogP contribution in [0.5, 0.6) is 5.88 Å². The highest BCUT2D eigenvalue weighted by Crippen LogP contribution is 2.22. The SMILES string of the molecule is CCCc1c(NN)ncnc1OCCc1ccccn1. The third kappa shape index (κ3) is 3.64. The summed E-state index contributed by atoms with van der Waals surface area (Å²) in [7, 11) is 0. The van der Waals surface area contributed by atoms with Crippen molar-refractivity contribution in [3.8, 4) is 5.88 Å². The van der Waals surface area contributed by atoms with Gasteiger partial charge >= 0.3 is 0 Å². The number of pyridine rings is 1. The van der Waals surface area contributed by atoms with Gasteiger partial charge in [0.25, 0.3) is 0 Å². The lowest BCUT2D eigenvalue weighted by atomic mass is 10.2. The highest BCUT2D eigenvalue weighted by Gasteiger charge is 2.11. The van der Waals surface area contributed by atoms with E-state index in [4.69, 9.17) is 10.6 Å². The first-order valence-electron chi connectivity index (χ1n) is 6.68. The molecule has 0 aromatic carbocycles. The zero-order valence-corrected chi connectivity index (χ0v) is 11.5. The highest BCUT2D eigenvalue weighted by molar-refractivity contribution is 5.47. The number of hydrogen-bond donors (Lipinski definition) is 2. The molecule has 0 bridgehead atoms. The molecule has 0 spiro atoms. The number of rotatable bonds is 7. The van der Waals surface area contributed by atoms with Crippen LogP contribution >= 0.6 is 0 Å². The molecule has 0 amide bonds. The van der Waals surface area contributed by atoms with Crippen LogP contribution in [0, 0.1) is 0 Å². The molecule has 0 saturated heterocycles. The van der Waals surface area contributed by atoms with E-state index in [1.807, 2.05) is 18.2 Å². The predicted molar refractivity (Wildman–Crippen MR) is 77.3 cm³/mol. The molecule has 3 N–H and O–H groups in total. The van der Waals surface area contributed by atoms with Gasteiger partial charge in [-0.15, -0.1) is 0 Å². The van der Waals surface area contributed by atoms with Crippen LogP contribution in [0.15, 0.2) is 30.7 Å². The van der Waals surface area contributed by atoms with Gasteiger partial charge in [-0.05, 0) is 18.6 Å². The Hall–Kier alpha value is -2.21.